The molecule has 1 N–H and O–H groups in total. The second-order valence-electron chi connectivity index (χ2n) is 5.58. The van der Waals surface area contributed by atoms with E-state index in [4.69, 9.17) is 0 Å². The minimum absolute atomic E-state index is 0.0277. The Morgan fingerprint density at radius 3 is 2.69 bits per heavy atom. The summed E-state index contributed by atoms with van der Waals surface area (Å²) in [6.45, 7) is 0.458. The van der Waals surface area contributed by atoms with Gasteiger partial charge in [0.2, 0.25) is 0 Å². The lowest BCUT2D eigenvalue weighted by atomic mass is 10.1. The first-order valence-electron chi connectivity index (χ1n) is 7.95. The van der Waals surface area contributed by atoms with Crippen LogP contribution in [0.15, 0.2) is 67.0 Å². The Hall–Kier alpha value is -3.81. The molecule has 0 unspecified atom stereocenters. The number of nitro groups is 1. The maximum Gasteiger partial charge on any atom is 0.295 e. The molecule has 0 amide bonds. The molecule has 0 radical (unpaired) electrons. The normalized spacial score (nSPS) is 10.8. The van der Waals surface area contributed by atoms with E-state index in [0.717, 1.165) is 11.3 Å². The van der Waals surface area contributed by atoms with E-state index in [-0.39, 0.29) is 5.69 Å². The van der Waals surface area contributed by atoms with Crippen LogP contribution < -0.4 is 5.32 Å². The number of hydrogen-bond acceptors (Lipinski definition) is 6. The van der Waals surface area contributed by atoms with Crippen LogP contribution >= 0.6 is 0 Å². The molecule has 128 valence electrons. The van der Waals surface area contributed by atoms with Crippen LogP contribution in [0.5, 0.6) is 0 Å². The van der Waals surface area contributed by atoms with Crippen LogP contribution in [0.4, 0.5) is 11.5 Å². The molecule has 0 spiro atoms. The third-order valence-corrected chi connectivity index (χ3v) is 3.94. The maximum absolute atomic E-state index is 11.3. The summed E-state index contributed by atoms with van der Waals surface area (Å²) >= 11 is 0. The molecular weight excluding hydrogens is 332 g/mol. The predicted molar refractivity (Wildman–Crippen MR) is 96.6 cm³/mol. The molecule has 0 aliphatic carbocycles. The van der Waals surface area contributed by atoms with E-state index in [1.807, 2.05) is 30.3 Å². The van der Waals surface area contributed by atoms with Gasteiger partial charge in [-0.15, -0.1) is 0 Å². The molecule has 0 saturated carbocycles. The summed E-state index contributed by atoms with van der Waals surface area (Å²) in [4.78, 5) is 19.6. The van der Waals surface area contributed by atoms with Crippen molar-refractivity contribution in [1.29, 1.82) is 0 Å². The lowest BCUT2D eigenvalue weighted by Crippen LogP contribution is -2.08. The number of fused-ring (bicyclic) bond motifs is 1. The number of rotatable bonds is 5. The first-order valence-corrected chi connectivity index (χ1v) is 7.95. The summed E-state index contributed by atoms with van der Waals surface area (Å²) < 4.78 is 1.73. The van der Waals surface area contributed by atoms with Crippen molar-refractivity contribution in [3.05, 3.63) is 82.8 Å². The molecule has 0 aliphatic rings. The van der Waals surface area contributed by atoms with Gasteiger partial charge in [0.05, 0.1) is 23.4 Å². The summed E-state index contributed by atoms with van der Waals surface area (Å²) in [6, 6.07) is 15.9. The van der Waals surface area contributed by atoms with Gasteiger partial charge in [-0.05, 0) is 12.1 Å². The smallest absolute Gasteiger partial charge is 0.295 e. The Labute approximate surface area is 148 Å². The Bertz CT molecular complexity index is 1080. The van der Waals surface area contributed by atoms with Crippen molar-refractivity contribution in [3.8, 4) is 11.3 Å². The van der Waals surface area contributed by atoms with E-state index in [1.54, 1.807) is 35.1 Å². The lowest BCUT2D eigenvalue weighted by Gasteiger charge is -2.09. The average Bonchev–Trinajstić information content (AvgIpc) is 3.16. The number of benzene rings is 1. The van der Waals surface area contributed by atoms with Gasteiger partial charge in [-0.3, -0.25) is 10.1 Å². The molecule has 8 heteroatoms. The molecule has 0 saturated heterocycles. The summed E-state index contributed by atoms with van der Waals surface area (Å²) in [5.41, 5.74) is 2.66. The fraction of sp³-hybridized carbons (Fsp3) is 0.0556. The number of aromatic nitrogens is 4. The summed E-state index contributed by atoms with van der Waals surface area (Å²) in [5.74, 6) is 0.548. The van der Waals surface area contributed by atoms with Gasteiger partial charge in [-0.25, -0.2) is 14.5 Å². The first-order chi connectivity index (χ1) is 12.7. The minimum atomic E-state index is -0.421. The third-order valence-electron chi connectivity index (χ3n) is 3.94. The largest absolute Gasteiger partial charge is 0.364 e. The van der Waals surface area contributed by atoms with Crippen molar-refractivity contribution in [2.24, 2.45) is 0 Å². The highest BCUT2D eigenvalue weighted by Gasteiger charge is 2.17. The fourth-order valence-electron chi connectivity index (χ4n) is 2.71. The van der Waals surface area contributed by atoms with Crippen molar-refractivity contribution in [3.63, 3.8) is 0 Å². The van der Waals surface area contributed by atoms with Gasteiger partial charge in [0.25, 0.3) is 5.69 Å². The number of anilines is 1. The second kappa shape index (κ2) is 6.60. The van der Waals surface area contributed by atoms with Crippen LogP contribution in [-0.4, -0.2) is 24.5 Å². The highest BCUT2D eigenvalue weighted by Crippen LogP contribution is 2.29. The van der Waals surface area contributed by atoms with Crippen LogP contribution in [0.25, 0.3) is 16.9 Å². The van der Waals surface area contributed by atoms with Crippen LogP contribution in [0, 0.1) is 10.1 Å². The van der Waals surface area contributed by atoms with E-state index in [1.165, 1.54) is 6.07 Å². The molecule has 26 heavy (non-hydrogen) atoms. The molecule has 0 fully saturated rings. The number of nitrogens with one attached hydrogen (secondary N) is 1. The molecule has 4 rings (SSSR count). The summed E-state index contributed by atoms with van der Waals surface area (Å²) in [5, 5.41) is 18.8. The first kappa shape index (κ1) is 15.7. The highest BCUT2D eigenvalue weighted by molar-refractivity contribution is 5.71. The van der Waals surface area contributed by atoms with Crippen LogP contribution in [0.2, 0.25) is 0 Å². The van der Waals surface area contributed by atoms with E-state index >= 15 is 0 Å². The Kier molecular flexibility index (Phi) is 3.98. The number of nitrogens with zero attached hydrogens (tertiary/aromatic N) is 5. The summed E-state index contributed by atoms with van der Waals surface area (Å²) in [6.07, 6.45) is 3.40. The molecule has 0 aliphatic heterocycles. The van der Waals surface area contributed by atoms with Crippen molar-refractivity contribution >= 4 is 17.2 Å². The van der Waals surface area contributed by atoms with Gasteiger partial charge in [-0.1, -0.05) is 30.3 Å². The molecule has 4 aromatic rings. The van der Waals surface area contributed by atoms with E-state index < -0.39 is 4.92 Å². The highest BCUT2D eigenvalue weighted by atomic mass is 16.6. The SMILES string of the molecule is O=[N+]([O-])c1ccc(NCc2ccnc3ccnn23)nc1-c1ccccc1. The Morgan fingerprint density at radius 2 is 1.88 bits per heavy atom. The third kappa shape index (κ3) is 2.95. The zero-order chi connectivity index (χ0) is 17.9. The zero-order valence-electron chi connectivity index (χ0n) is 13.6. The van der Waals surface area contributed by atoms with Crippen LogP contribution in [0.3, 0.4) is 0 Å². The van der Waals surface area contributed by atoms with E-state index in [2.05, 4.69) is 20.4 Å². The maximum atomic E-state index is 11.3. The molecule has 1 aromatic carbocycles. The molecule has 3 heterocycles. The number of hydrogen-bond donors (Lipinski definition) is 1. The van der Waals surface area contributed by atoms with Gasteiger partial charge in [0.15, 0.2) is 11.3 Å². The monoisotopic (exact) mass is 346 g/mol. The standard InChI is InChI=1S/C18H14N6O2/c25-24(26)15-6-7-16(22-18(15)13-4-2-1-3-5-13)20-12-14-8-10-19-17-9-11-21-23(14)17/h1-11H,12H2,(H,20,22). The van der Waals surface area contributed by atoms with Crippen LogP contribution in [0.1, 0.15) is 5.69 Å². The molecular formula is C18H14N6O2. The zero-order valence-corrected chi connectivity index (χ0v) is 13.6. The van der Waals surface area contributed by atoms with Gasteiger partial charge in [-0.2, -0.15) is 5.10 Å². The summed E-state index contributed by atoms with van der Waals surface area (Å²) in [7, 11) is 0. The van der Waals surface area contributed by atoms with Crippen molar-refractivity contribution in [1.82, 2.24) is 19.6 Å². The van der Waals surface area contributed by atoms with Crippen molar-refractivity contribution < 1.29 is 4.92 Å². The topological polar surface area (TPSA) is 98.2 Å². The minimum Gasteiger partial charge on any atom is -0.364 e. The van der Waals surface area contributed by atoms with Gasteiger partial charge in [0.1, 0.15) is 5.82 Å². The molecule has 0 bridgehead atoms. The van der Waals surface area contributed by atoms with Gasteiger partial charge < -0.3 is 5.32 Å². The second-order valence-corrected chi connectivity index (χ2v) is 5.58. The molecule has 0 atom stereocenters. The van der Waals surface area contributed by atoms with Crippen molar-refractivity contribution in [2.75, 3.05) is 5.32 Å². The van der Waals surface area contributed by atoms with Crippen LogP contribution in [-0.2, 0) is 6.54 Å². The van der Waals surface area contributed by atoms with Gasteiger partial charge >= 0.3 is 0 Å². The van der Waals surface area contributed by atoms with E-state index in [0.29, 0.717) is 23.6 Å². The average molecular weight is 346 g/mol. The molecule has 8 nitrogen and oxygen atoms in total. The van der Waals surface area contributed by atoms with Crippen molar-refractivity contribution in [2.45, 2.75) is 6.54 Å². The molecule has 3 aromatic heterocycles. The Balaban J connectivity index is 1.65. The quantitative estimate of drug-likeness (QED) is 0.440. The lowest BCUT2D eigenvalue weighted by molar-refractivity contribution is -0.384. The van der Waals surface area contributed by atoms with Gasteiger partial charge in [0, 0.05) is 23.9 Å². The Morgan fingerprint density at radius 1 is 1.04 bits per heavy atom. The fourth-order valence-corrected chi connectivity index (χ4v) is 2.71. The predicted octanol–water partition coefficient (Wildman–Crippen LogP) is 3.31. The van der Waals surface area contributed by atoms with E-state index in [9.17, 15) is 10.1 Å². The number of pyridine rings is 1.